The number of hydrogen-bond donors (Lipinski definition) is 0. The zero-order valence-electron chi connectivity index (χ0n) is 8.22. The highest BCUT2D eigenvalue weighted by molar-refractivity contribution is 7.09. The second kappa shape index (κ2) is 4.41. The van der Waals surface area contributed by atoms with E-state index in [-0.39, 0.29) is 11.8 Å². The largest absolute Gasteiger partial charge is 0.341 e. The lowest BCUT2D eigenvalue weighted by Gasteiger charge is -2.14. The number of likely N-dealkylation sites (tertiary alicyclic amines) is 1. The Morgan fingerprint density at radius 1 is 1.73 bits per heavy atom. The second-order valence-corrected chi connectivity index (χ2v) is 4.52. The molecule has 1 aliphatic heterocycles. The number of thiazole rings is 1. The van der Waals surface area contributed by atoms with Crippen LogP contribution in [0.5, 0.6) is 0 Å². The van der Waals surface area contributed by atoms with Crippen molar-refractivity contribution in [3.05, 3.63) is 16.6 Å². The summed E-state index contributed by atoms with van der Waals surface area (Å²) in [4.78, 5) is 17.4. The van der Waals surface area contributed by atoms with Crippen molar-refractivity contribution < 1.29 is 4.79 Å². The molecule has 1 amide bonds. The third-order valence-corrected chi connectivity index (χ3v) is 3.32. The fourth-order valence-corrected chi connectivity index (χ4v) is 2.29. The molecule has 0 spiro atoms. The van der Waals surface area contributed by atoms with E-state index in [0.717, 1.165) is 11.4 Å². The van der Waals surface area contributed by atoms with Crippen molar-refractivity contribution in [2.24, 2.45) is 5.92 Å². The molecule has 0 saturated carbocycles. The van der Waals surface area contributed by atoms with Crippen molar-refractivity contribution in [1.29, 1.82) is 5.26 Å². The van der Waals surface area contributed by atoms with E-state index in [0.29, 0.717) is 19.5 Å². The first kappa shape index (κ1) is 10.1. The average molecular weight is 221 g/mol. The Labute approximate surface area is 92.2 Å². The van der Waals surface area contributed by atoms with Crippen LogP contribution in [-0.2, 0) is 11.2 Å². The van der Waals surface area contributed by atoms with Gasteiger partial charge in [-0.25, -0.2) is 4.98 Å². The lowest BCUT2D eigenvalue weighted by Crippen LogP contribution is -2.27. The number of nitrogens with zero attached hydrogens (tertiary/aromatic N) is 3. The van der Waals surface area contributed by atoms with Gasteiger partial charge in [-0.15, -0.1) is 11.3 Å². The Kier molecular flexibility index (Phi) is 2.97. The fourth-order valence-electron chi connectivity index (χ4n) is 1.68. The van der Waals surface area contributed by atoms with Gasteiger partial charge in [0.2, 0.25) is 5.91 Å². The maximum Gasteiger partial charge on any atom is 0.224 e. The van der Waals surface area contributed by atoms with Crippen molar-refractivity contribution in [3.63, 3.8) is 0 Å². The van der Waals surface area contributed by atoms with Crippen molar-refractivity contribution in [2.75, 3.05) is 13.1 Å². The summed E-state index contributed by atoms with van der Waals surface area (Å²) in [6, 6.07) is 2.14. The molecule has 5 heteroatoms. The van der Waals surface area contributed by atoms with E-state index < -0.39 is 0 Å². The molecule has 1 aromatic rings. The molecule has 1 aliphatic rings. The first-order valence-electron chi connectivity index (χ1n) is 4.85. The van der Waals surface area contributed by atoms with Crippen LogP contribution in [0.1, 0.15) is 11.4 Å². The van der Waals surface area contributed by atoms with Crippen molar-refractivity contribution in [3.8, 4) is 6.07 Å². The van der Waals surface area contributed by atoms with Gasteiger partial charge in [-0.2, -0.15) is 5.26 Å². The molecule has 1 aromatic heterocycles. The van der Waals surface area contributed by atoms with Gasteiger partial charge in [0.1, 0.15) is 0 Å². The summed E-state index contributed by atoms with van der Waals surface area (Å²) in [5.74, 6) is -0.0214. The van der Waals surface area contributed by atoms with Crippen LogP contribution in [0.3, 0.4) is 0 Å². The van der Waals surface area contributed by atoms with E-state index in [4.69, 9.17) is 5.26 Å². The van der Waals surface area contributed by atoms with Crippen molar-refractivity contribution in [2.45, 2.75) is 12.8 Å². The molecular weight excluding hydrogens is 210 g/mol. The highest BCUT2D eigenvalue weighted by atomic mass is 32.1. The van der Waals surface area contributed by atoms with Gasteiger partial charge in [-0.05, 0) is 0 Å². The number of carbonyl (C=O) groups excluding carboxylic acids is 1. The third kappa shape index (κ3) is 2.34. The molecule has 0 bridgehead atoms. The topological polar surface area (TPSA) is 57.0 Å². The Hall–Kier alpha value is -1.41. The van der Waals surface area contributed by atoms with E-state index in [1.807, 2.05) is 5.38 Å². The monoisotopic (exact) mass is 221 g/mol. The molecule has 4 nitrogen and oxygen atoms in total. The molecule has 0 N–H and O–H groups in total. The SMILES string of the molecule is N#CC1CC(=O)N(CCc2nccs2)C1. The maximum absolute atomic E-state index is 11.5. The summed E-state index contributed by atoms with van der Waals surface area (Å²) in [7, 11) is 0. The highest BCUT2D eigenvalue weighted by Gasteiger charge is 2.28. The van der Waals surface area contributed by atoms with Crippen LogP contribution < -0.4 is 0 Å². The number of rotatable bonds is 3. The van der Waals surface area contributed by atoms with Gasteiger partial charge in [0.05, 0.1) is 17.0 Å². The lowest BCUT2D eigenvalue weighted by molar-refractivity contribution is -0.127. The molecule has 1 fully saturated rings. The molecule has 0 aliphatic carbocycles. The quantitative estimate of drug-likeness (QED) is 0.766. The Balaban J connectivity index is 1.86. The predicted molar refractivity (Wildman–Crippen MR) is 56.1 cm³/mol. The van der Waals surface area contributed by atoms with Gasteiger partial charge in [0.25, 0.3) is 0 Å². The zero-order valence-corrected chi connectivity index (χ0v) is 9.04. The molecule has 0 aromatic carbocycles. The summed E-state index contributed by atoms with van der Waals surface area (Å²) in [6.45, 7) is 1.27. The third-order valence-electron chi connectivity index (χ3n) is 2.48. The van der Waals surface area contributed by atoms with Gasteiger partial charge < -0.3 is 4.90 Å². The molecule has 2 heterocycles. The first-order valence-corrected chi connectivity index (χ1v) is 5.73. The predicted octanol–water partition coefficient (Wildman–Crippen LogP) is 1.06. The molecule has 1 unspecified atom stereocenters. The standard InChI is InChI=1S/C10H11N3OS/c11-6-8-5-10(14)13(7-8)3-1-9-12-2-4-15-9/h2,4,8H,1,3,5,7H2. The minimum atomic E-state index is -0.117. The molecule has 1 atom stereocenters. The molecule has 15 heavy (non-hydrogen) atoms. The fraction of sp³-hybridized carbons (Fsp3) is 0.500. The highest BCUT2D eigenvalue weighted by Crippen LogP contribution is 2.17. The molecular formula is C10H11N3OS. The second-order valence-electron chi connectivity index (χ2n) is 3.55. The smallest absolute Gasteiger partial charge is 0.224 e. The number of nitriles is 1. The Morgan fingerprint density at radius 2 is 2.60 bits per heavy atom. The summed E-state index contributed by atoms with van der Waals surface area (Å²) in [5, 5.41) is 11.7. The molecule has 0 radical (unpaired) electrons. The number of aromatic nitrogens is 1. The van der Waals surface area contributed by atoms with Crippen LogP contribution in [0.4, 0.5) is 0 Å². The van der Waals surface area contributed by atoms with Crippen molar-refractivity contribution >= 4 is 17.2 Å². The van der Waals surface area contributed by atoms with Crippen LogP contribution in [0, 0.1) is 17.2 Å². The molecule has 78 valence electrons. The number of hydrogen-bond acceptors (Lipinski definition) is 4. The summed E-state index contributed by atoms with van der Waals surface area (Å²) < 4.78 is 0. The van der Waals surface area contributed by atoms with E-state index >= 15 is 0 Å². The van der Waals surface area contributed by atoms with E-state index in [1.54, 1.807) is 22.4 Å². The first-order chi connectivity index (χ1) is 7.29. The van der Waals surface area contributed by atoms with Crippen LogP contribution in [0.15, 0.2) is 11.6 Å². The minimum Gasteiger partial charge on any atom is -0.341 e. The van der Waals surface area contributed by atoms with Crippen LogP contribution in [0.2, 0.25) is 0 Å². The lowest BCUT2D eigenvalue weighted by atomic mass is 10.1. The normalized spacial score (nSPS) is 20.6. The molecule has 1 saturated heterocycles. The number of amides is 1. The van der Waals surface area contributed by atoms with Gasteiger partial charge in [-0.1, -0.05) is 0 Å². The van der Waals surface area contributed by atoms with E-state index in [1.165, 1.54) is 0 Å². The average Bonchev–Trinajstić information content (AvgIpc) is 2.84. The summed E-state index contributed by atoms with van der Waals surface area (Å²) in [6.07, 6.45) is 2.94. The van der Waals surface area contributed by atoms with Gasteiger partial charge in [0.15, 0.2) is 0 Å². The van der Waals surface area contributed by atoms with E-state index in [2.05, 4.69) is 11.1 Å². The number of carbonyl (C=O) groups is 1. The van der Waals surface area contributed by atoms with Gasteiger partial charge >= 0.3 is 0 Å². The van der Waals surface area contributed by atoms with Crippen molar-refractivity contribution in [1.82, 2.24) is 9.88 Å². The van der Waals surface area contributed by atoms with Crippen LogP contribution in [-0.4, -0.2) is 28.9 Å². The Morgan fingerprint density at radius 3 is 3.20 bits per heavy atom. The summed E-state index contributed by atoms with van der Waals surface area (Å²) >= 11 is 1.60. The summed E-state index contributed by atoms with van der Waals surface area (Å²) in [5.41, 5.74) is 0. The zero-order chi connectivity index (χ0) is 10.7. The van der Waals surface area contributed by atoms with Crippen LogP contribution in [0.25, 0.3) is 0 Å². The van der Waals surface area contributed by atoms with Crippen LogP contribution >= 0.6 is 11.3 Å². The molecule has 2 rings (SSSR count). The Bertz CT molecular complexity index is 382. The van der Waals surface area contributed by atoms with Gasteiger partial charge in [0, 0.05) is 37.5 Å². The minimum absolute atomic E-state index is 0.0955. The maximum atomic E-state index is 11.5. The van der Waals surface area contributed by atoms with Gasteiger partial charge in [-0.3, -0.25) is 4.79 Å². The van der Waals surface area contributed by atoms with E-state index in [9.17, 15) is 4.79 Å².